The largest absolute Gasteiger partial charge is 0.397 e. The van der Waals surface area contributed by atoms with Crippen LogP contribution in [-0.2, 0) is 11.0 Å². The second kappa shape index (κ2) is 8.31. The minimum atomic E-state index is -2.69. The first-order chi connectivity index (χ1) is 13.3. The normalized spacial score (nSPS) is 12.5. The number of carbonyl (C=O) groups is 1. The van der Waals surface area contributed by atoms with Crippen LogP contribution in [0.2, 0.25) is 0 Å². The van der Waals surface area contributed by atoms with Gasteiger partial charge in [0.2, 0.25) is 0 Å². The Bertz CT molecular complexity index is 1020. The predicted octanol–water partition coefficient (Wildman–Crippen LogP) is 5.04. The Balaban J connectivity index is 1.81. The van der Waals surface area contributed by atoms with E-state index in [4.69, 9.17) is 5.73 Å². The summed E-state index contributed by atoms with van der Waals surface area (Å²) in [6.45, 7) is 3.50. The van der Waals surface area contributed by atoms with Crippen molar-refractivity contribution in [1.82, 2.24) is 0 Å². The van der Waals surface area contributed by atoms with Crippen molar-refractivity contribution >= 4 is 36.6 Å². The highest BCUT2D eigenvalue weighted by Crippen LogP contribution is 2.37. The Hall–Kier alpha value is -2.40. The minimum Gasteiger partial charge on any atom is -0.397 e. The summed E-state index contributed by atoms with van der Waals surface area (Å²) in [6, 6.07) is 16.7. The summed E-state index contributed by atoms with van der Waals surface area (Å²) in [5.74, 6) is -0.272. The molecule has 0 saturated carbocycles. The van der Waals surface area contributed by atoms with Crippen LogP contribution in [0.3, 0.4) is 0 Å². The molecule has 0 radical (unpaired) electrons. The Morgan fingerprint density at radius 1 is 1.18 bits per heavy atom. The van der Waals surface area contributed by atoms with Gasteiger partial charge in [-0.1, -0.05) is 38.1 Å². The molecule has 0 fully saturated rings. The van der Waals surface area contributed by atoms with E-state index in [9.17, 15) is 14.3 Å². The Morgan fingerprint density at radius 2 is 1.96 bits per heavy atom. The molecule has 0 spiro atoms. The quantitative estimate of drug-likeness (QED) is 0.389. The second-order valence-corrected chi connectivity index (χ2v) is 10.2. The highest BCUT2D eigenvalue weighted by atomic mass is 32.1. The standard InChI is InChI=1S/C21H23N2O3PS/c1-21(2,27(25)26)13-14-5-3-6-16(11-14)20(24)23-18-12-15(8-9-17(18)22)19-7-4-10-28-19/h3-12,27H,13,22H2,1-2H3,(H,23,24)(H,25,26). The molecule has 28 heavy (non-hydrogen) atoms. The summed E-state index contributed by atoms with van der Waals surface area (Å²) >= 11 is 1.62. The number of hydrogen-bond donors (Lipinski definition) is 3. The fourth-order valence-corrected chi connectivity index (χ4v) is 3.94. The van der Waals surface area contributed by atoms with Crippen molar-refractivity contribution < 1.29 is 14.3 Å². The van der Waals surface area contributed by atoms with E-state index >= 15 is 0 Å². The monoisotopic (exact) mass is 414 g/mol. The van der Waals surface area contributed by atoms with Gasteiger partial charge in [0.25, 0.3) is 5.91 Å². The first-order valence-electron chi connectivity index (χ1n) is 8.83. The third-order valence-electron chi connectivity index (χ3n) is 4.52. The number of amides is 1. The van der Waals surface area contributed by atoms with E-state index in [1.165, 1.54) is 0 Å². The van der Waals surface area contributed by atoms with Crippen molar-refractivity contribution in [2.45, 2.75) is 25.4 Å². The summed E-state index contributed by atoms with van der Waals surface area (Å²) in [5, 5.41) is 4.15. The van der Waals surface area contributed by atoms with Crippen LogP contribution in [-0.4, -0.2) is 16.0 Å². The molecule has 1 amide bonds. The molecule has 1 aromatic heterocycles. The van der Waals surface area contributed by atoms with Gasteiger partial charge in [0.15, 0.2) is 8.03 Å². The number of nitrogens with one attached hydrogen (secondary N) is 1. The second-order valence-electron chi connectivity index (χ2n) is 7.30. The Labute approximate surface area is 169 Å². The molecule has 0 saturated heterocycles. The van der Waals surface area contributed by atoms with Crippen LogP contribution in [0, 0.1) is 0 Å². The summed E-state index contributed by atoms with van der Waals surface area (Å²) in [5.41, 5.74) is 9.40. The lowest BCUT2D eigenvalue weighted by atomic mass is 10.00. The van der Waals surface area contributed by atoms with Crippen molar-refractivity contribution in [1.29, 1.82) is 0 Å². The molecule has 1 unspecified atom stereocenters. The smallest absolute Gasteiger partial charge is 0.255 e. The van der Waals surface area contributed by atoms with Gasteiger partial charge in [-0.05, 0) is 53.3 Å². The molecule has 1 atom stereocenters. The third kappa shape index (κ3) is 4.71. The van der Waals surface area contributed by atoms with Crippen LogP contribution in [0.5, 0.6) is 0 Å². The number of rotatable bonds is 6. The number of nitrogen functional groups attached to an aromatic ring is 1. The van der Waals surface area contributed by atoms with Gasteiger partial charge in [-0.15, -0.1) is 11.3 Å². The lowest BCUT2D eigenvalue weighted by Gasteiger charge is -2.21. The first kappa shape index (κ1) is 20.3. The van der Waals surface area contributed by atoms with Crippen molar-refractivity contribution in [2.75, 3.05) is 11.1 Å². The summed E-state index contributed by atoms with van der Waals surface area (Å²) in [4.78, 5) is 23.3. The molecule has 0 aliphatic heterocycles. The number of anilines is 2. The maximum Gasteiger partial charge on any atom is 0.255 e. The molecule has 3 aromatic rings. The number of carbonyl (C=O) groups excluding carboxylic acids is 1. The van der Waals surface area contributed by atoms with Crippen LogP contribution >= 0.6 is 19.4 Å². The SMILES string of the molecule is CC(C)(Cc1cccc(C(=O)Nc2cc(-c3cccs3)ccc2N)c1)[PH](=O)O. The Kier molecular flexibility index (Phi) is 6.04. The fraction of sp³-hybridized carbons (Fsp3) is 0.190. The molecule has 1 heterocycles. The molecule has 0 aliphatic carbocycles. The zero-order valence-electron chi connectivity index (χ0n) is 15.7. The maximum atomic E-state index is 12.7. The predicted molar refractivity (Wildman–Crippen MR) is 118 cm³/mol. The van der Waals surface area contributed by atoms with Crippen LogP contribution in [0.15, 0.2) is 60.0 Å². The molecule has 146 valence electrons. The summed E-state index contributed by atoms with van der Waals surface area (Å²) in [6.07, 6.45) is 0.415. The van der Waals surface area contributed by atoms with Crippen molar-refractivity contribution in [3.63, 3.8) is 0 Å². The molecule has 0 aliphatic rings. The van der Waals surface area contributed by atoms with Gasteiger partial charge in [0, 0.05) is 15.6 Å². The van der Waals surface area contributed by atoms with Crippen molar-refractivity contribution in [2.24, 2.45) is 0 Å². The average Bonchev–Trinajstić information content (AvgIpc) is 3.18. The molecule has 5 nitrogen and oxygen atoms in total. The summed E-state index contributed by atoms with van der Waals surface area (Å²) < 4.78 is 11.5. The lowest BCUT2D eigenvalue weighted by molar-refractivity contribution is 0.102. The molecule has 4 N–H and O–H groups in total. The van der Waals surface area contributed by atoms with Crippen LogP contribution in [0.1, 0.15) is 29.8 Å². The highest BCUT2D eigenvalue weighted by molar-refractivity contribution is 7.40. The molecular weight excluding hydrogens is 391 g/mol. The summed E-state index contributed by atoms with van der Waals surface area (Å²) in [7, 11) is -2.69. The zero-order valence-corrected chi connectivity index (χ0v) is 17.5. The Morgan fingerprint density at radius 3 is 2.64 bits per heavy atom. The van der Waals surface area contributed by atoms with Crippen molar-refractivity contribution in [3.8, 4) is 10.4 Å². The van der Waals surface area contributed by atoms with E-state index in [1.807, 2.05) is 35.7 Å². The van der Waals surface area contributed by atoms with Gasteiger partial charge in [-0.3, -0.25) is 9.36 Å². The van der Waals surface area contributed by atoms with Crippen LogP contribution in [0.25, 0.3) is 10.4 Å². The van der Waals surface area contributed by atoms with E-state index in [0.717, 1.165) is 16.0 Å². The van der Waals surface area contributed by atoms with E-state index in [-0.39, 0.29) is 5.91 Å². The van der Waals surface area contributed by atoms with Gasteiger partial charge >= 0.3 is 0 Å². The number of nitrogens with two attached hydrogens (primary N) is 1. The third-order valence-corrected chi connectivity index (χ3v) is 6.78. The number of thiophene rings is 1. The maximum absolute atomic E-state index is 12.7. The minimum absolute atomic E-state index is 0.272. The van der Waals surface area contributed by atoms with E-state index in [2.05, 4.69) is 5.32 Å². The van der Waals surface area contributed by atoms with E-state index in [1.54, 1.807) is 49.4 Å². The van der Waals surface area contributed by atoms with Gasteiger partial charge < -0.3 is 15.9 Å². The van der Waals surface area contributed by atoms with E-state index < -0.39 is 13.2 Å². The van der Waals surface area contributed by atoms with Gasteiger partial charge in [-0.2, -0.15) is 0 Å². The number of hydrogen-bond acceptors (Lipinski definition) is 4. The van der Waals surface area contributed by atoms with Crippen LogP contribution in [0.4, 0.5) is 11.4 Å². The average molecular weight is 414 g/mol. The molecular formula is C21H23N2O3PS. The zero-order chi connectivity index (χ0) is 20.3. The lowest BCUT2D eigenvalue weighted by Crippen LogP contribution is -2.19. The number of benzene rings is 2. The van der Waals surface area contributed by atoms with Crippen LogP contribution < -0.4 is 11.1 Å². The molecule has 3 rings (SSSR count). The molecule has 0 bridgehead atoms. The topological polar surface area (TPSA) is 92.4 Å². The van der Waals surface area contributed by atoms with E-state index in [0.29, 0.717) is 23.4 Å². The van der Waals surface area contributed by atoms with Gasteiger partial charge in [0.1, 0.15) is 0 Å². The molecule has 2 aromatic carbocycles. The molecule has 7 heteroatoms. The van der Waals surface area contributed by atoms with Gasteiger partial charge in [-0.25, -0.2) is 0 Å². The fourth-order valence-electron chi connectivity index (χ4n) is 2.86. The first-order valence-corrected chi connectivity index (χ1v) is 11.1. The highest BCUT2D eigenvalue weighted by Gasteiger charge is 2.24. The van der Waals surface area contributed by atoms with Gasteiger partial charge in [0.05, 0.1) is 11.4 Å². The van der Waals surface area contributed by atoms with Crippen molar-refractivity contribution in [3.05, 3.63) is 71.1 Å².